The minimum Gasteiger partial charge on any atom is -0.385 e. The van der Waals surface area contributed by atoms with Gasteiger partial charge in [0, 0.05) is 13.7 Å². The summed E-state index contributed by atoms with van der Waals surface area (Å²) in [7, 11) is -6.15. The van der Waals surface area contributed by atoms with Crippen molar-refractivity contribution in [1.29, 1.82) is 0 Å². The summed E-state index contributed by atoms with van der Waals surface area (Å²) in [6.07, 6.45) is 0.309. The fraction of sp³-hybridized carbons (Fsp3) is 0.400. The van der Waals surface area contributed by atoms with Crippen LogP contribution in [0.1, 0.15) is 6.42 Å². The first-order chi connectivity index (χ1) is 8.76. The Morgan fingerprint density at radius 3 is 2.42 bits per heavy atom. The summed E-state index contributed by atoms with van der Waals surface area (Å²) >= 11 is 0. The summed E-state index contributed by atoms with van der Waals surface area (Å²) in [5, 5.41) is 5.02. The summed E-state index contributed by atoms with van der Waals surface area (Å²) in [6, 6.07) is 5.56. The molecule has 19 heavy (non-hydrogen) atoms. The number of hydrogen-bond acceptors (Lipinski definition) is 5. The Kier molecular flexibility index (Phi) is 5.29. The van der Waals surface area contributed by atoms with Gasteiger partial charge in [0.25, 0.3) is 0 Å². The van der Waals surface area contributed by atoms with Gasteiger partial charge < -0.3 is 4.74 Å². The first-order valence-corrected chi connectivity index (χ1v) is 8.57. The highest BCUT2D eigenvalue weighted by Gasteiger charge is 2.17. The van der Waals surface area contributed by atoms with Crippen molar-refractivity contribution in [2.45, 2.75) is 11.3 Å². The number of ether oxygens (including phenoxy) is 1. The molecule has 108 valence electrons. The number of hydrogen-bond donors (Lipinski definition) is 2. The van der Waals surface area contributed by atoms with E-state index >= 15 is 0 Å². The van der Waals surface area contributed by atoms with Gasteiger partial charge in [0.2, 0.25) is 20.0 Å². The Hall–Kier alpha value is -1.16. The number of benzene rings is 1. The van der Waals surface area contributed by atoms with E-state index in [1.54, 1.807) is 0 Å². The lowest BCUT2D eigenvalue weighted by Gasteiger charge is -2.11. The molecule has 0 heterocycles. The van der Waals surface area contributed by atoms with Gasteiger partial charge in [-0.2, -0.15) is 0 Å². The summed E-state index contributed by atoms with van der Waals surface area (Å²) < 4.78 is 53.1. The second kappa shape index (κ2) is 6.33. The SMILES string of the molecule is COCCCS(=O)(=O)Nc1ccccc1S(N)(=O)=O. The summed E-state index contributed by atoms with van der Waals surface area (Å²) in [6.45, 7) is 0.303. The number of nitrogens with one attached hydrogen (secondary N) is 1. The molecule has 0 radical (unpaired) electrons. The molecule has 0 aliphatic heterocycles. The Morgan fingerprint density at radius 1 is 1.21 bits per heavy atom. The second-order valence-electron chi connectivity index (χ2n) is 3.81. The van der Waals surface area contributed by atoms with Crippen molar-refractivity contribution in [3.05, 3.63) is 24.3 Å². The molecule has 0 bridgehead atoms. The maximum absolute atomic E-state index is 11.8. The molecule has 9 heteroatoms. The van der Waals surface area contributed by atoms with Gasteiger partial charge in [-0.15, -0.1) is 0 Å². The molecule has 0 aromatic heterocycles. The van der Waals surface area contributed by atoms with E-state index in [4.69, 9.17) is 9.88 Å². The average molecular weight is 308 g/mol. The van der Waals surface area contributed by atoms with Gasteiger partial charge >= 0.3 is 0 Å². The van der Waals surface area contributed by atoms with E-state index in [0.29, 0.717) is 13.0 Å². The van der Waals surface area contributed by atoms with Crippen molar-refractivity contribution in [1.82, 2.24) is 0 Å². The number of para-hydroxylation sites is 1. The van der Waals surface area contributed by atoms with Crippen LogP contribution in [0.2, 0.25) is 0 Å². The van der Waals surface area contributed by atoms with Gasteiger partial charge in [0.15, 0.2) is 0 Å². The molecule has 1 aromatic rings. The summed E-state index contributed by atoms with van der Waals surface area (Å²) in [5.74, 6) is -0.167. The lowest BCUT2D eigenvalue weighted by atomic mass is 10.3. The first-order valence-electron chi connectivity index (χ1n) is 5.37. The van der Waals surface area contributed by atoms with Gasteiger partial charge in [-0.3, -0.25) is 4.72 Å². The highest BCUT2D eigenvalue weighted by molar-refractivity contribution is 7.93. The average Bonchev–Trinajstić information content (AvgIpc) is 2.27. The zero-order valence-corrected chi connectivity index (χ0v) is 12.0. The third kappa shape index (κ3) is 5.15. The van der Waals surface area contributed by atoms with E-state index in [2.05, 4.69) is 4.72 Å². The van der Waals surface area contributed by atoms with Crippen LogP contribution < -0.4 is 9.86 Å². The molecule has 0 atom stereocenters. The third-order valence-electron chi connectivity index (χ3n) is 2.22. The normalized spacial score (nSPS) is 12.3. The van der Waals surface area contributed by atoms with Crippen LogP contribution in [0.15, 0.2) is 29.2 Å². The highest BCUT2D eigenvalue weighted by atomic mass is 32.2. The maximum atomic E-state index is 11.8. The van der Waals surface area contributed by atoms with E-state index in [1.165, 1.54) is 31.4 Å². The van der Waals surface area contributed by atoms with Crippen LogP contribution in [-0.2, 0) is 24.8 Å². The van der Waals surface area contributed by atoms with Gasteiger partial charge in [0.05, 0.1) is 11.4 Å². The van der Waals surface area contributed by atoms with Crippen LogP contribution in [0.25, 0.3) is 0 Å². The topological polar surface area (TPSA) is 116 Å². The standard InChI is InChI=1S/C10H16N2O5S2/c1-17-7-4-8-18(13,14)12-9-5-2-3-6-10(9)19(11,15)16/h2-3,5-6,12H,4,7-8H2,1H3,(H2,11,15,16). The van der Waals surface area contributed by atoms with Gasteiger partial charge in [0.1, 0.15) is 4.90 Å². The lowest BCUT2D eigenvalue weighted by molar-refractivity contribution is 0.199. The predicted octanol–water partition coefficient (Wildman–Crippen LogP) is 0.112. The maximum Gasteiger partial charge on any atom is 0.240 e. The van der Waals surface area contributed by atoms with Crippen molar-refractivity contribution in [2.75, 3.05) is 24.2 Å². The van der Waals surface area contributed by atoms with Crippen LogP contribution in [-0.4, -0.2) is 36.3 Å². The van der Waals surface area contributed by atoms with Crippen LogP contribution in [0, 0.1) is 0 Å². The molecule has 0 saturated heterocycles. The Morgan fingerprint density at radius 2 is 1.84 bits per heavy atom. The van der Waals surface area contributed by atoms with Crippen LogP contribution in [0.4, 0.5) is 5.69 Å². The van der Waals surface area contributed by atoms with E-state index in [1.807, 2.05) is 0 Å². The molecule has 1 rings (SSSR count). The Labute approximate surface area is 112 Å². The molecule has 3 N–H and O–H groups in total. The Balaban J connectivity index is 2.94. The van der Waals surface area contributed by atoms with Crippen molar-refractivity contribution < 1.29 is 21.6 Å². The zero-order valence-electron chi connectivity index (χ0n) is 10.4. The molecular weight excluding hydrogens is 292 g/mol. The van der Waals surface area contributed by atoms with E-state index in [-0.39, 0.29) is 16.3 Å². The van der Waals surface area contributed by atoms with Crippen LogP contribution in [0.5, 0.6) is 0 Å². The van der Waals surface area contributed by atoms with Gasteiger partial charge in [-0.05, 0) is 18.6 Å². The molecule has 0 saturated carbocycles. The van der Waals surface area contributed by atoms with E-state index < -0.39 is 20.0 Å². The largest absolute Gasteiger partial charge is 0.385 e. The monoisotopic (exact) mass is 308 g/mol. The highest BCUT2D eigenvalue weighted by Crippen LogP contribution is 2.20. The lowest BCUT2D eigenvalue weighted by Crippen LogP contribution is -2.21. The number of primary sulfonamides is 1. The van der Waals surface area contributed by atoms with E-state index in [9.17, 15) is 16.8 Å². The molecule has 0 unspecified atom stereocenters. The Bertz CT molecular complexity index is 625. The van der Waals surface area contributed by atoms with Gasteiger partial charge in [-0.25, -0.2) is 22.0 Å². The molecular formula is C10H16N2O5S2. The number of nitrogens with two attached hydrogens (primary N) is 1. The van der Waals surface area contributed by atoms with Gasteiger partial charge in [-0.1, -0.05) is 12.1 Å². The second-order valence-corrected chi connectivity index (χ2v) is 7.18. The fourth-order valence-corrected chi connectivity index (χ4v) is 3.28. The van der Waals surface area contributed by atoms with E-state index in [0.717, 1.165) is 0 Å². The smallest absolute Gasteiger partial charge is 0.240 e. The zero-order chi connectivity index (χ0) is 14.5. The molecule has 0 fully saturated rings. The molecule has 0 aliphatic rings. The molecule has 7 nitrogen and oxygen atoms in total. The van der Waals surface area contributed by atoms with Crippen molar-refractivity contribution in [3.8, 4) is 0 Å². The fourth-order valence-electron chi connectivity index (χ4n) is 1.41. The molecule has 0 aliphatic carbocycles. The number of methoxy groups -OCH3 is 1. The summed E-state index contributed by atoms with van der Waals surface area (Å²) in [4.78, 5) is -0.259. The molecule has 0 amide bonds. The minimum atomic E-state index is -3.98. The predicted molar refractivity (Wildman–Crippen MR) is 71.7 cm³/mol. The summed E-state index contributed by atoms with van der Waals surface area (Å²) in [5.41, 5.74) is -0.0533. The first kappa shape index (κ1) is 15.9. The molecule has 0 spiro atoms. The molecule has 1 aromatic carbocycles. The van der Waals surface area contributed by atoms with Crippen LogP contribution >= 0.6 is 0 Å². The minimum absolute atomic E-state index is 0.0533. The number of sulfonamides is 2. The third-order valence-corrected chi connectivity index (χ3v) is 4.55. The van der Waals surface area contributed by atoms with Crippen LogP contribution in [0.3, 0.4) is 0 Å². The quantitative estimate of drug-likeness (QED) is 0.694. The van der Waals surface area contributed by atoms with Crippen molar-refractivity contribution >= 4 is 25.7 Å². The van der Waals surface area contributed by atoms with Crippen molar-refractivity contribution in [2.24, 2.45) is 5.14 Å². The van der Waals surface area contributed by atoms with Crippen molar-refractivity contribution in [3.63, 3.8) is 0 Å². The number of rotatable bonds is 7. The number of anilines is 1.